The molecule has 0 aliphatic heterocycles. The van der Waals surface area contributed by atoms with Crippen LogP contribution >= 0.6 is 60.4 Å². The lowest BCUT2D eigenvalue weighted by Crippen LogP contribution is -1.24. The van der Waals surface area contributed by atoms with Crippen molar-refractivity contribution in [1.82, 2.24) is 0 Å². The van der Waals surface area contributed by atoms with E-state index in [4.69, 9.17) is 23.2 Å². The highest BCUT2D eigenvalue weighted by Gasteiger charge is 1.60. The SMILES string of the molecule is C=C.C=C(Cl)Cl.Cl.Cl.Cl. The van der Waals surface area contributed by atoms with Gasteiger partial charge in [-0.1, -0.05) is 29.8 Å². The molecule has 0 aromatic rings. The molecule has 0 radical (unpaired) electrons. The normalized spacial score (nSPS) is 3.33. The molecule has 0 fully saturated rings. The molecule has 0 bridgehead atoms. The minimum Gasteiger partial charge on any atom is -0.147 e. The van der Waals surface area contributed by atoms with Crippen molar-refractivity contribution in [2.24, 2.45) is 0 Å². The fraction of sp³-hybridized carbons (Fsp3) is 0. The highest BCUT2D eigenvalue weighted by molar-refractivity contribution is 6.55. The minimum atomic E-state index is 0. The fourth-order valence-electron chi connectivity index (χ4n) is 0. The molecule has 0 heterocycles. The Kier molecular flexibility index (Phi) is 132. The molecule has 0 aromatic heterocycles. The standard InChI is InChI=1S/C2H2Cl2.C2H4.3ClH/c1-2(3)4;1-2;;;/h1H2;1-2H2;3*1H. The van der Waals surface area contributed by atoms with E-state index in [1.807, 2.05) is 0 Å². The molecule has 0 nitrogen and oxygen atoms in total. The first-order chi connectivity index (χ1) is 2.73. The van der Waals surface area contributed by atoms with Gasteiger partial charge in [-0.2, -0.15) is 0 Å². The highest BCUT2D eigenvalue weighted by atomic mass is 35.5. The van der Waals surface area contributed by atoms with Crippen LogP contribution in [0.5, 0.6) is 0 Å². The number of hydrogen-bond acceptors (Lipinski definition) is 0. The van der Waals surface area contributed by atoms with Gasteiger partial charge in [0, 0.05) is 0 Å². The summed E-state index contributed by atoms with van der Waals surface area (Å²) in [5.74, 6) is 0. The summed E-state index contributed by atoms with van der Waals surface area (Å²) in [6, 6.07) is 0. The Balaban J connectivity index is -0.00000000990. The minimum absolute atomic E-state index is 0. The molecular formula is C4H9Cl5. The Hall–Kier alpha value is 0.930. The molecule has 0 saturated heterocycles. The third-order valence-corrected chi connectivity index (χ3v) is 0. The van der Waals surface area contributed by atoms with Crippen LogP contribution in [0.25, 0.3) is 0 Å². The smallest absolute Gasteiger partial charge is 0.0992 e. The molecule has 0 amide bonds. The maximum Gasteiger partial charge on any atom is 0.0992 e. The maximum atomic E-state index is 4.85. The fourth-order valence-corrected chi connectivity index (χ4v) is 0. The average molecular weight is 234 g/mol. The van der Waals surface area contributed by atoms with Crippen LogP contribution in [0, 0.1) is 0 Å². The van der Waals surface area contributed by atoms with E-state index in [0.717, 1.165) is 0 Å². The first-order valence-electron chi connectivity index (χ1n) is 1.23. The molecule has 0 unspecified atom stereocenters. The Bertz CT molecular complexity index is 40.2. The van der Waals surface area contributed by atoms with Crippen molar-refractivity contribution in [3.05, 3.63) is 24.2 Å². The van der Waals surface area contributed by atoms with Gasteiger partial charge in [-0.25, -0.2) is 0 Å². The van der Waals surface area contributed by atoms with Crippen molar-refractivity contribution in [1.29, 1.82) is 0 Å². The number of halogens is 5. The summed E-state index contributed by atoms with van der Waals surface area (Å²) < 4.78 is 0.111. The van der Waals surface area contributed by atoms with E-state index in [1.54, 1.807) is 0 Å². The van der Waals surface area contributed by atoms with Crippen molar-refractivity contribution in [2.75, 3.05) is 0 Å². The van der Waals surface area contributed by atoms with Crippen molar-refractivity contribution in [2.45, 2.75) is 0 Å². The van der Waals surface area contributed by atoms with Crippen molar-refractivity contribution in [3.8, 4) is 0 Å². The second-order valence-electron chi connectivity index (χ2n) is 0.339. The summed E-state index contributed by atoms with van der Waals surface area (Å²) >= 11 is 9.69. The van der Waals surface area contributed by atoms with E-state index in [-0.39, 0.29) is 41.7 Å². The summed E-state index contributed by atoms with van der Waals surface area (Å²) in [6.07, 6.45) is 0. The van der Waals surface area contributed by atoms with Crippen LogP contribution in [0.2, 0.25) is 0 Å². The maximum absolute atomic E-state index is 4.85. The van der Waals surface area contributed by atoms with Gasteiger partial charge < -0.3 is 0 Å². The zero-order chi connectivity index (χ0) is 5.58. The Labute approximate surface area is 84.5 Å². The monoisotopic (exact) mass is 232 g/mol. The highest BCUT2D eigenvalue weighted by Crippen LogP contribution is 1.98. The van der Waals surface area contributed by atoms with Gasteiger partial charge in [0.15, 0.2) is 0 Å². The summed E-state index contributed by atoms with van der Waals surface area (Å²) in [5, 5.41) is 0. The molecule has 0 saturated carbocycles. The Morgan fingerprint density at radius 2 is 0.889 bits per heavy atom. The predicted octanol–water partition coefficient (Wildman–Crippen LogP) is 4.00. The van der Waals surface area contributed by atoms with Gasteiger partial charge in [0.2, 0.25) is 0 Å². The van der Waals surface area contributed by atoms with E-state index >= 15 is 0 Å². The van der Waals surface area contributed by atoms with Crippen LogP contribution in [-0.2, 0) is 0 Å². The summed E-state index contributed by atoms with van der Waals surface area (Å²) in [5.41, 5.74) is 0. The first kappa shape index (κ1) is 32.6. The van der Waals surface area contributed by atoms with Gasteiger partial charge >= 0.3 is 0 Å². The lowest BCUT2D eigenvalue weighted by Gasteiger charge is -1.57. The van der Waals surface area contributed by atoms with Crippen LogP contribution in [0.4, 0.5) is 0 Å². The van der Waals surface area contributed by atoms with Crippen LogP contribution in [0.15, 0.2) is 24.2 Å². The van der Waals surface area contributed by atoms with E-state index in [0.29, 0.717) is 0 Å². The second-order valence-corrected chi connectivity index (χ2v) is 1.44. The van der Waals surface area contributed by atoms with Crippen LogP contribution in [0.3, 0.4) is 0 Å². The van der Waals surface area contributed by atoms with Gasteiger partial charge in [-0.15, -0.1) is 50.4 Å². The predicted molar refractivity (Wildman–Crippen MR) is 53.8 cm³/mol. The van der Waals surface area contributed by atoms with Crippen molar-refractivity contribution in [3.63, 3.8) is 0 Å². The third kappa shape index (κ3) is 496. The molecular weight excluding hydrogens is 225 g/mol. The second kappa shape index (κ2) is 36.4. The van der Waals surface area contributed by atoms with E-state index in [2.05, 4.69) is 19.7 Å². The third-order valence-electron chi connectivity index (χ3n) is 0. The quantitative estimate of drug-likeness (QED) is 0.556. The van der Waals surface area contributed by atoms with Crippen LogP contribution in [0.1, 0.15) is 0 Å². The van der Waals surface area contributed by atoms with Gasteiger partial charge in [0.1, 0.15) is 0 Å². The molecule has 0 rings (SSSR count). The molecule has 5 heteroatoms. The molecule has 9 heavy (non-hydrogen) atoms. The van der Waals surface area contributed by atoms with Crippen molar-refractivity contribution < 1.29 is 0 Å². The first-order valence-corrected chi connectivity index (χ1v) is 1.99. The summed E-state index contributed by atoms with van der Waals surface area (Å²) in [6.45, 7) is 9.09. The molecule has 0 aliphatic rings. The van der Waals surface area contributed by atoms with E-state index < -0.39 is 0 Å². The topological polar surface area (TPSA) is 0 Å². The van der Waals surface area contributed by atoms with Crippen molar-refractivity contribution >= 4 is 60.4 Å². The molecule has 0 N–H and O–H groups in total. The molecule has 0 atom stereocenters. The van der Waals surface area contributed by atoms with E-state index in [1.165, 1.54) is 0 Å². The van der Waals surface area contributed by atoms with Crippen LogP contribution in [-0.4, -0.2) is 0 Å². The zero-order valence-electron chi connectivity index (χ0n) is 4.60. The number of rotatable bonds is 0. The lowest BCUT2D eigenvalue weighted by atomic mass is 11.3. The van der Waals surface area contributed by atoms with Gasteiger partial charge in [-0.05, 0) is 0 Å². The summed E-state index contributed by atoms with van der Waals surface area (Å²) in [7, 11) is 0. The zero-order valence-corrected chi connectivity index (χ0v) is 8.56. The Morgan fingerprint density at radius 1 is 0.889 bits per heavy atom. The number of hydrogen-bond donors (Lipinski definition) is 0. The Morgan fingerprint density at radius 3 is 0.889 bits per heavy atom. The van der Waals surface area contributed by atoms with Gasteiger partial charge in [-0.3, -0.25) is 0 Å². The average Bonchev–Trinajstić information content (AvgIpc) is 1.41. The van der Waals surface area contributed by atoms with E-state index in [9.17, 15) is 0 Å². The summed E-state index contributed by atoms with van der Waals surface area (Å²) in [4.78, 5) is 0. The molecule has 60 valence electrons. The molecule has 0 aromatic carbocycles. The van der Waals surface area contributed by atoms with Crippen LogP contribution < -0.4 is 0 Å². The van der Waals surface area contributed by atoms with Gasteiger partial charge in [0.25, 0.3) is 0 Å². The van der Waals surface area contributed by atoms with Gasteiger partial charge in [0.05, 0.1) is 4.49 Å². The lowest BCUT2D eigenvalue weighted by molar-refractivity contribution is 2.45. The largest absolute Gasteiger partial charge is 0.147 e. The molecule has 0 spiro atoms. The molecule has 0 aliphatic carbocycles.